The minimum absolute atomic E-state index is 0.149. The van der Waals surface area contributed by atoms with Crippen LogP contribution in [0.1, 0.15) is 45.9 Å². The average molecular weight is 431 g/mol. The highest BCUT2D eigenvalue weighted by Gasteiger charge is 2.25. The number of nitrogens with one attached hydrogen (secondary N) is 2. The molecule has 0 spiro atoms. The zero-order valence-electron chi connectivity index (χ0n) is 16.9. The SMILES string of the molecule is CC(C)(C)ONc1nc(Nc2ccc3sncc3c2)nc(C2=C(F)C(O)CCC2)n1. The number of rotatable bonds is 5. The van der Waals surface area contributed by atoms with Crippen LogP contribution in [0.25, 0.3) is 15.7 Å². The van der Waals surface area contributed by atoms with E-state index in [1.54, 1.807) is 6.20 Å². The van der Waals surface area contributed by atoms with E-state index in [9.17, 15) is 9.50 Å². The third kappa shape index (κ3) is 4.72. The van der Waals surface area contributed by atoms with Crippen LogP contribution in [-0.2, 0) is 4.84 Å². The largest absolute Gasteiger partial charge is 0.386 e. The molecule has 10 heteroatoms. The monoisotopic (exact) mass is 430 g/mol. The molecule has 3 N–H and O–H groups in total. The van der Waals surface area contributed by atoms with Crippen LogP contribution in [0, 0.1) is 0 Å². The Balaban J connectivity index is 1.70. The van der Waals surface area contributed by atoms with Crippen molar-refractivity contribution in [3.05, 3.63) is 36.0 Å². The molecular formula is C20H23FN6O2S. The zero-order valence-corrected chi connectivity index (χ0v) is 17.8. The van der Waals surface area contributed by atoms with E-state index < -0.39 is 17.5 Å². The summed E-state index contributed by atoms with van der Waals surface area (Å²) >= 11 is 1.42. The van der Waals surface area contributed by atoms with Gasteiger partial charge >= 0.3 is 0 Å². The summed E-state index contributed by atoms with van der Waals surface area (Å²) in [6.07, 6.45) is 2.15. The summed E-state index contributed by atoms with van der Waals surface area (Å²) < 4.78 is 19.8. The number of fused-ring (bicyclic) bond motifs is 1. The molecule has 0 saturated heterocycles. The predicted molar refractivity (Wildman–Crippen MR) is 115 cm³/mol. The topological polar surface area (TPSA) is 105 Å². The summed E-state index contributed by atoms with van der Waals surface area (Å²) in [4.78, 5) is 18.6. The molecule has 1 unspecified atom stereocenters. The van der Waals surface area contributed by atoms with Gasteiger partial charge in [-0.2, -0.15) is 19.3 Å². The molecule has 1 aliphatic carbocycles. The Hall–Kier alpha value is -2.69. The summed E-state index contributed by atoms with van der Waals surface area (Å²) in [5.74, 6) is -0.0344. The van der Waals surface area contributed by atoms with E-state index >= 15 is 0 Å². The number of aromatic nitrogens is 4. The smallest absolute Gasteiger partial charge is 0.252 e. The van der Waals surface area contributed by atoms with Gasteiger partial charge in [-0.15, -0.1) is 0 Å². The lowest BCUT2D eigenvalue weighted by Crippen LogP contribution is -2.24. The predicted octanol–water partition coefficient (Wildman–Crippen LogP) is 4.59. The summed E-state index contributed by atoms with van der Waals surface area (Å²) in [6.45, 7) is 5.64. The van der Waals surface area contributed by atoms with Gasteiger partial charge in [-0.3, -0.25) is 4.84 Å². The molecule has 0 saturated carbocycles. The van der Waals surface area contributed by atoms with Crippen LogP contribution >= 0.6 is 11.5 Å². The number of anilines is 3. The van der Waals surface area contributed by atoms with Crippen molar-refractivity contribution < 1.29 is 14.3 Å². The first-order chi connectivity index (χ1) is 14.3. The lowest BCUT2D eigenvalue weighted by atomic mass is 9.96. The Morgan fingerprint density at radius 1 is 1.20 bits per heavy atom. The fraction of sp³-hybridized carbons (Fsp3) is 0.400. The molecule has 1 aromatic carbocycles. The van der Waals surface area contributed by atoms with E-state index in [2.05, 4.69) is 30.1 Å². The van der Waals surface area contributed by atoms with Crippen molar-refractivity contribution in [1.29, 1.82) is 0 Å². The fourth-order valence-corrected chi connectivity index (χ4v) is 3.65. The Morgan fingerprint density at radius 3 is 2.80 bits per heavy atom. The van der Waals surface area contributed by atoms with Crippen molar-refractivity contribution in [2.24, 2.45) is 0 Å². The Labute approximate surface area is 177 Å². The number of benzene rings is 1. The maximum absolute atomic E-state index is 14.6. The molecule has 4 rings (SSSR count). The van der Waals surface area contributed by atoms with Crippen LogP contribution < -0.4 is 10.8 Å². The Kier molecular flexibility index (Phi) is 5.63. The third-order valence-corrected chi connectivity index (χ3v) is 5.23. The average Bonchev–Trinajstić information content (AvgIpc) is 3.16. The molecule has 1 aliphatic rings. The quantitative estimate of drug-likeness (QED) is 0.505. The molecule has 2 heterocycles. The highest BCUT2D eigenvalue weighted by atomic mass is 32.1. The second-order valence-electron chi connectivity index (χ2n) is 8.06. The maximum Gasteiger partial charge on any atom is 0.252 e. The van der Waals surface area contributed by atoms with Gasteiger partial charge in [0.1, 0.15) is 11.9 Å². The number of aliphatic hydroxyl groups is 1. The number of aliphatic hydroxyl groups excluding tert-OH is 1. The third-order valence-electron chi connectivity index (χ3n) is 4.45. The summed E-state index contributed by atoms with van der Waals surface area (Å²) in [5.41, 5.74) is 3.29. The molecule has 3 aromatic rings. The molecule has 2 aromatic heterocycles. The number of halogens is 1. The Bertz CT molecular complexity index is 1090. The summed E-state index contributed by atoms with van der Waals surface area (Å²) in [6, 6.07) is 5.79. The van der Waals surface area contributed by atoms with Gasteiger partial charge in [0, 0.05) is 22.8 Å². The van der Waals surface area contributed by atoms with Crippen LogP contribution in [0.3, 0.4) is 0 Å². The molecule has 0 bridgehead atoms. The molecule has 158 valence electrons. The van der Waals surface area contributed by atoms with Crippen LogP contribution in [0.2, 0.25) is 0 Å². The van der Waals surface area contributed by atoms with Crippen molar-refractivity contribution in [3.8, 4) is 0 Å². The lowest BCUT2D eigenvalue weighted by Gasteiger charge is -2.21. The van der Waals surface area contributed by atoms with Gasteiger partial charge < -0.3 is 10.4 Å². The lowest BCUT2D eigenvalue weighted by molar-refractivity contribution is 0.0358. The molecule has 30 heavy (non-hydrogen) atoms. The number of allylic oxidation sites excluding steroid dienone is 1. The van der Waals surface area contributed by atoms with Crippen molar-refractivity contribution in [2.75, 3.05) is 10.8 Å². The highest BCUT2D eigenvalue weighted by molar-refractivity contribution is 7.13. The molecule has 0 amide bonds. The van der Waals surface area contributed by atoms with Gasteiger partial charge in [-0.25, -0.2) is 9.87 Å². The molecule has 0 aliphatic heterocycles. The van der Waals surface area contributed by atoms with E-state index in [4.69, 9.17) is 4.84 Å². The van der Waals surface area contributed by atoms with Gasteiger partial charge in [0.05, 0.1) is 10.3 Å². The Morgan fingerprint density at radius 2 is 2.00 bits per heavy atom. The summed E-state index contributed by atoms with van der Waals surface area (Å²) in [5, 5.41) is 14.0. The second-order valence-corrected chi connectivity index (χ2v) is 8.89. The first kappa shape index (κ1) is 20.6. The molecular weight excluding hydrogens is 407 g/mol. The first-order valence-electron chi connectivity index (χ1n) is 9.67. The molecule has 1 atom stereocenters. The number of hydrogen-bond donors (Lipinski definition) is 3. The van der Waals surface area contributed by atoms with Gasteiger partial charge in [-0.05, 0) is 69.8 Å². The van der Waals surface area contributed by atoms with Crippen LogP contribution in [0.15, 0.2) is 30.2 Å². The second kappa shape index (κ2) is 8.21. The minimum Gasteiger partial charge on any atom is -0.386 e. The highest BCUT2D eigenvalue weighted by Crippen LogP contribution is 2.33. The molecule has 8 nitrogen and oxygen atoms in total. The van der Waals surface area contributed by atoms with Crippen LogP contribution in [0.4, 0.5) is 22.0 Å². The van der Waals surface area contributed by atoms with Gasteiger partial charge in [0.2, 0.25) is 5.95 Å². The van der Waals surface area contributed by atoms with E-state index in [1.165, 1.54) is 11.5 Å². The fourth-order valence-electron chi connectivity index (χ4n) is 3.03. The van der Waals surface area contributed by atoms with Crippen LogP contribution in [0.5, 0.6) is 0 Å². The van der Waals surface area contributed by atoms with Crippen molar-refractivity contribution in [3.63, 3.8) is 0 Å². The minimum atomic E-state index is -1.13. The standard InChI is InChI=1S/C20H23FN6O2S/c1-20(2,3)29-27-19-25-17(13-5-4-6-14(28)16(13)21)24-18(26-19)23-12-7-8-15-11(9-12)10-22-30-15/h7-10,14,28H,4-6H2,1-3H3,(H2,23,24,25,26,27). The van der Waals surface area contributed by atoms with Gasteiger partial charge in [0.25, 0.3) is 5.95 Å². The first-order valence-corrected chi connectivity index (χ1v) is 10.4. The van der Waals surface area contributed by atoms with Crippen molar-refractivity contribution >= 4 is 44.8 Å². The van der Waals surface area contributed by atoms with Crippen molar-refractivity contribution in [1.82, 2.24) is 19.3 Å². The van der Waals surface area contributed by atoms with E-state index in [1.807, 2.05) is 39.0 Å². The van der Waals surface area contributed by atoms with E-state index in [-0.39, 0.29) is 23.3 Å². The number of hydrogen-bond acceptors (Lipinski definition) is 9. The van der Waals surface area contributed by atoms with E-state index in [0.717, 1.165) is 15.8 Å². The summed E-state index contributed by atoms with van der Waals surface area (Å²) in [7, 11) is 0. The van der Waals surface area contributed by atoms with Gasteiger partial charge in [-0.1, -0.05) is 0 Å². The van der Waals surface area contributed by atoms with Crippen LogP contribution in [-0.4, -0.2) is 36.1 Å². The molecule has 0 fully saturated rings. The van der Waals surface area contributed by atoms with Crippen molar-refractivity contribution in [2.45, 2.75) is 51.7 Å². The van der Waals surface area contributed by atoms with E-state index in [0.29, 0.717) is 19.3 Å². The normalized spacial score (nSPS) is 17.4. The van der Waals surface area contributed by atoms with Gasteiger partial charge in [0.15, 0.2) is 5.82 Å². The zero-order chi connectivity index (χ0) is 21.3. The maximum atomic E-state index is 14.6. The molecule has 0 radical (unpaired) electrons. The number of nitrogens with zero attached hydrogens (tertiary/aromatic N) is 4.